The number of hydrogen-bond donors (Lipinski definition) is 2. The zero-order valence-corrected chi connectivity index (χ0v) is 11.5. The molecule has 2 N–H and O–H groups in total. The topological polar surface area (TPSA) is 78.6 Å². The minimum atomic E-state index is -0.451. The third-order valence-electron chi connectivity index (χ3n) is 3.66. The van der Waals surface area contributed by atoms with Crippen LogP contribution in [0, 0.1) is 17.0 Å². The summed E-state index contributed by atoms with van der Waals surface area (Å²) in [5.74, 6) is -0.0115. The van der Waals surface area contributed by atoms with Gasteiger partial charge in [0, 0.05) is 32.2 Å². The van der Waals surface area contributed by atoms with Crippen LogP contribution in [0.2, 0.25) is 0 Å². The van der Waals surface area contributed by atoms with Gasteiger partial charge in [0.25, 0.3) is 5.69 Å². The van der Waals surface area contributed by atoms with Gasteiger partial charge in [-0.3, -0.25) is 15.0 Å². The summed E-state index contributed by atoms with van der Waals surface area (Å²) in [4.78, 5) is 12.9. The first-order chi connectivity index (χ1) is 9.56. The van der Waals surface area contributed by atoms with Crippen LogP contribution in [0.4, 0.5) is 5.69 Å². The fraction of sp³-hybridized carbons (Fsp3) is 0.429. The molecule has 1 heterocycles. The first-order valence-corrected chi connectivity index (χ1v) is 6.60. The number of benzene rings is 1. The van der Waals surface area contributed by atoms with Gasteiger partial charge in [0.1, 0.15) is 5.75 Å². The Bertz CT molecular complexity index is 525. The number of piperazine rings is 1. The summed E-state index contributed by atoms with van der Waals surface area (Å²) in [6, 6.07) is 2.66. The van der Waals surface area contributed by atoms with Crippen LogP contribution in [0.25, 0.3) is 0 Å². The Kier molecular flexibility index (Phi) is 4.36. The average Bonchev–Trinajstić information content (AvgIpc) is 2.45. The first kappa shape index (κ1) is 14.5. The fourth-order valence-corrected chi connectivity index (χ4v) is 2.57. The van der Waals surface area contributed by atoms with Crippen LogP contribution in [-0.4, -0.2) is 41.1 Å². The molecule has 20 heavy (non-hydrogen) atoms. The molecule has 1 aromatic carbocycles. The number of phenols is 1. The van der Waals surface area contributed by atoms with Gasteiger partial charge in [-0.25, -0.2) is 0 Å². The molecule has 1 aliphatic heterocycles. The number of phenolic OH excluding ortho intramolecular Hbond substituents is 1. The van der Waals surface area contributed by atoms with E-state index in [0.29, 0.717) is 11.1 Å². The molecule has 0 amide bonds. The second kappa shape index (κ2) is 6.02. The highest BCUT2D eigenvalue weighted by Crippen LogP contribution is 2.39. The largest absolute Gasteiger partial charge is 0.507 e. The Morgan fingerprint density at radius 3 is 2.70 bits per heavy atom. The van der Waals surface area contributed by atoms with Gasteiger partial charge in [-0.05, 0) is 18.6 Å². The molecule has 108 valence electrons. The number of nitrogens with zero attached hydrogens (tertiary/aromatic N) is 2. The maximum atomic E-state index is 11.2. The maximum absolute atomic E-state index is 11.2. The Balaban J connectivity index is 2.49. The molecule has 0 saturated carbocycles. The molecule has 0 spiro atoms. The summed E-state index contributed by atoms with van der Waals surface area (Å²) in [5, 5.41) is 24.7. The predicted octanol–water partition coefficient (Wildman–Crippen LogP) is 1.74. The number of aromatic hydroxyl groups is 1. The number of nitrogens with one attached hydrogen (secondary N) is 1. The van der Waals surface area contributed by atoms with Crippen LogP contribution in [0.15, 0.2) is 24.8 Å². The third-order valence-corrected chi connectivity index (χ3v) is 3.66. The van der Waals surface area contributed by atoms with Crippen LogP contribution < -0.4 is 5.32 Å². The first-order valence-electron chi connectivity index (χ1n) is 6.60. The highest BCUT2D eigenvalue weighted by atomic mass is 16.6. The molecule has 1 saturated heterocycles. The van der Waals surface area contributed by atoms with E-state index in [1.165, 1.54) is 6.07 Å². The minimum Gasteiger partial charge on any atom is -0.507 e. The number of rotatable bonds is 4. The van der Waals surface area contributed by atoms with Crippen molar-refractivity contribution in [3.05, 3.63) is 46.0 Å². The molecule has 0 unspecified atom stereocenters. The van der Waals surface area contributed by atoms with Crippen molar-refractivity contribution in [2.75, 3.05) is 26.2 Å². The minimum absolute atomic E-state index is 0.0115. The van der Waals surface area contributed by atoms with Gasteiger partial charge in [-0.2, -0.15) is 0 Å². The number of nitro groups is 1. The van der Waals surface area contributed by atoms with E-state index >= 15 is 0 Å². The van der Waals surface area contributed by atoms with Crippen LogP contribution in [0.5, 0.6) is 5.75 Å². The summed E-state index contributed by atoms with van der Waals surface area (Å²) < 4.78 is 0. The normalized spacial score (nSPS) is 17.6. The predicted molar refractivity (Wildman–Crippen MR) is 76.9 cm³/mol. The molecule has 1 aromatic rings. The second-order valence-electron chi connectivity index (χ2n) is 4.89. The van der Waals surface area contributed by atoms with Crippen molar-refractivity contribution in [1.29, 1.82) is 0 Å². The summed E-state index contributed by atoms with van der Waals surface area (Å²) in [7, 11) is 0. The van der Waals surface area contributed by atoms with Crippen molar-refractivity contribution < 1.29 is 10.0 Å². The van der Waals surface area contributed by atoms with Gasteiger partial charge in [-0.15, -0.1) is 6.58 Å². The zero-order chi connectivity index (χ0) is 14.7. The lowest BCUT2D eigenvalue weighted by Crippen LogP contribution is -2.44. The smallest absolute Gasteiger partial charge is 0.278 e. The standard InChI is InChI=1S/C14H19N3O3/c1-3-11(16-8-6-15-7-9-16)13-12(17(19)20)5-4-10(2)14(13)18/h3-5,11,15,18H,1,6-9H2,2H3/t11-/m1/s1. The Morgan fingerprint density at radius 2 is 2.15 bits per heavy atom. The zero-order valence-electron chi connectivity index (χ0n) is 11.5. The van der Waals surface area contributed by atoms with Crippen molar-refractivity contribution in [1.82, 2.24) is 10.2 Å². The molecule has 1 aliphatic rings. The lowest BCUT2D eigenvalue weighted by atomic mass is 9.98. The van der Waals surface area contributed by atoms with Crippen LogP contribution in [-0.2, 0) is 0 Å². The van der Waals surface area contributed by atoms with Crippen molar-refractivity contribution in [3.63, 3.8) is 0 Å². The Hall–Kier alpha value is -1.92. The van der Waals surface area contributed by atoms with Gasteiger partial charge in [0.05, 0.1) is 16.5 Å². The molecular formula is C14H19N3O3. The molecule has 6 nitrogen and oxygen atoms in total. The number of aryl methyl sites for hydroxylation is 1. The van der Waals surface area contributed by atoms with Crippen molar-refractivity contribution >= 4 is 5.69 Å². The summed E-state index contributed by atoms with van der Waals surface area (Å²) >= 11 is 0. The number of hydrogen-bond acceptors (Lipinski definition) is 5. The monoisotopic (exact) mass is 277 g/mol. The molecular weight excluding hydrogens is 258 g/mol. The van der Waals surface area contributed by atoms with Crippen molar-refractivity contribution in [2.45, 2.75) is 13.0 Å². The van der Waals surface area contributed by atoms with E-state index in [-0.39, 0.29) is 17.5 Å². The molecule has 0 aliphatic carbocycles. The van der Waals surface area contributed by atoms with E-state index in [0.717, 1.165) is 26.2 Å². The van der Waals surface area contributed by atoms with E-state index in [2.05, 4.69) is 16.8 Å². The Morgan fingerprint density at radius 1 is 1.50 bits per heavy atom. The van der Waals surface area contributed by atoms with E-state index in [1.54, 1.807) is 19.1 Å². The second-order valence-corrected chi connectivity index (χ2v) is 4.89. The number of nitro benzene ring substituents is 1. The summed E-state index contributed by atoms with van der Waals surface area (Å²) in [6.07, 6.45) is 1.66. The summed E-state index contributed by atoms with van der Waals surface area (Å²) in [6.45, 7) is 8.70. The molecule has 0 aromatic heterocycles. The molecule has 0 bridgehead atoms. The van der Waals surface area contributed by atoms with Crippen molar-refractivity contribution in [2.24, 2.45) is 0 Å². The maximum Gasteiger partial charge on any atom is 0.278 e. The molecule has 6 heteroatoms. The van der Waals surface area contributed by atoms with Crippen LogP contribution >= 0.6 is 0 Å². The van der Waals surface area contributed by atoms with Gasteiger partial charge >= 0.3 is 0 Å². The van der Waals surface area contributed by atoms with Gasteiger partial charge in [0.2, 0.25) is 0 Å². The van der Waals surface area contributed by atoms with E-state index < -0.39 is 4.92 Å². The van der Waals surface area contributed by atoms with Gasteiger partial charge < -0.3 is 10.4 Å². The van der Waals surface area contributed by atoms with Gasteiger partial charge in [-0.1, -0.05) is 6.08 Å². The Labute approximate surface area is 117 Å². The SMILES string of the molecule is C=C[C@H](c1c([N+](=O)[O-])ccc(C)c1O)N1CCNCC1. The molecule has 0 radical (unpaired) electrons. The van der Waals surface area contributed by atoms with Gasteiger partial charge in [0.15, 0.2) is 0 Å². The summed E-state index contributed by atoms with van der Waals surface area (Å²) in [5.41, 5.74) is 0.913. The quantitative estimate of drug-likeness (QED) is 0.498. The van der Waals surface area contributed by atoms with E-state index in [9.17, 15) is 15.2 Å². The van der Waals surface area contributed by atoms with E-state index in [4.69, 9.17) is 0 Å². The fourth-order valence-electron chi connectivity index (χ4n) is 2.57. The van der Waals surface area contributed by atoms with Crippen LogP contribution in [0.1, 0.15) is 17.2 Å². The molecule has 1 fully saturated rings. The third kappa shape index (κ3) is 2.66. The average molecular weight is 277 g/mol. The molecule has 1 atom stereocenters. The highest BCUT2D eigenvalue weighted by Gasteiger charge is 2.29. The van der Waals surface area contributed by atoms with E-state index in [1.807, 2.05) is 0 Å². The highest BCUT2D eigenvalue weighted by molar-refractivity contribution is 5.55. The molecule has 2 rings (SSSR count). The van der Waals surface area contributed by atoms with Crippen molar-refractivity contribution in [3.8, 4) is 5.75 Å². The lowest BCUT2D eigenvalue weighted by molar-refractivity contribution is -0.386. The lowest BCUT2D eigenvalue weighted by Gasteiger charge is -2.33. The van der Waals surface area contributed by atoms with Crippen LogP contribution in [0.3, 0.4) is 0 Å².